The van der Waals surface area contributed by atoms with Gasteiger partial charge in [0.05, 0.1) is 45.6 Å². The maximum absolute atomic E-state index is 12.0. The predicted octanol–water partition coefficient (Wildman–Crippen LogP) is 13.3. The Bertz CT molecular complexity index is 3900. The summed E-state index contributed by atoms with van der Waals surface area (Å²) in [6.07, 6.45) is 4.83. The quantitative estimate of drug-likeness (QED) is 0.0579. The first-order chi connectivity index (χ1) is 35.4. The van der Waals surface area contributed by atoms with E-state index in [-0.39, 0.29) is 38.5 Å². The molecule has 0 saturated heterocycles. The summed E-state index contributed by atoms with van der Waals surface area (Å²) in [5.41, 5.74) is 26.1. The summed E-state index contributed by atoms with van der Waals surface area (Å²) < 4.78 is 0. The Morgan fingerprint density at radius 3 is 1.42 bits per heavy atom. The highest BCUT2D eigenvalue weighted by atomic mass is 16.4. The fourth-order valence-electron chi connectivity index (χ4n) is 10.8. The number of hydrogen-bond donors (Lipinski definition) is 7. The Hall–Kier alpha value is -8.39. The van der Waals surface area contributed by atoms with E-state index in [9.17, 15) is 29.7 Å². The first-order valence-electron chi connectivity index (χ1n) is 25.3. The normalized spacial score (nSPS) is 13.6. The van der Waals surface area contributed by atoms with Crippen molar-refractivity contribution in [3.8, 4) is 0 Å². The van der Waals surface area contributed by atoms with Gasteiger partial charge in [-0.15, -0.1) is 0 Å². The number of aliphatic carboxylic acids is 3. The van der Waals surface area contributed by atoms with Crippen LogP contribution in [0.4, 0.5) is 0 Å². The topological polar surface area (TPSA) is 227 Å². The van der Waals surface area contributed by atoms with E-state index in [0.29, 0.717) is 34.7 Å². The zero-order valence-corrected chi connectivity index (χ0v) is 43.1. The van der Waals surface area contributed by atoms with Crippen LogP contribution in [0, 0.1) is 27.7 Å². The molecule has 74 heavy (non-hydrogen) atoms. The number of rotatable bonds is 13. The van der Waals surface area contributed by atoms with E-state index in [4.69, 9.17) is 19.9 Å². The zero-order chi connectivity index (χ0) is 52.3. The van der Waals surface area contributed by atoms with Crippen molar-refractivity contribution >= 4 is 107 Å². The van der Waals surface area contributed by atoms with Crippen LogP contribution >= 0.6 is 0 Å². The lowest BCUT2D eigenvalue weighted by molar-refractivity contribution is -0.137. The summed E-state index contributed by atoms with van der Waals surface area (Å²) in [5, 5.41) is 29.4. The molecular formula is C60H60N8O6. The largest absolute Gasteiger partial charge is 0.481 e. The van der Waals surface area contributed by atoms with Crippen molar-refractivity contribution < 1.29 is 29.7 Å². The molecule has 0 amide bonds. The average molecular weight is 989 g/mol. The molecule has 0 spiro atoms. The third-order valence-corrected chi connectivity index (χ3v) is 15.1. The summed E-state index contributed by atoms with van der Waals surface area (Å²) in [5.74, 6) is -2.76. The highest BCUT2D eigenvalue weighted by Crippen LogP contribution is 2.40. The maximum atomic E-state index is 12.0. The van der Waals surface area contributed by atoms with Crippen molar-refractivity contribution in [1.29, 1.82) is 0 Å². The highest BCUT2D eigenvalue weighted by molar-refractivity contribution is 5.97. The number of carbonyl (C=O) groups is 3. The third kappa shape index (κ3) is 9.67. The molecular weight excluding hydrogens is 929 g/mol. The second kappa shape index (κ2) is 19.6. The highest BCUT2D eigenvalue weighted by Gasteiger charge is 2.24. The Kier molecular flexibility index (Phi) is 13.0. The maximum Gasteiger partial charge on any atom is 0.303 e. The Morgan fingerprint density at radius 2 is 0.838 bits per heavy atom. The van der Waals surface area contributed by atoms with Crippen LogP contribution in [0.2, 0.25) is 0 Å². The summed E-state index contributed by atoms with van der Waals surface area (Å²) in [7, 11) is 0. The van der Waals surface area contributed by atoms with E-state index in [2.05, 4.69) is 103 Å². The van der Waals surface area contributed by atoms with E-state index >= 15 is 0 Å². The number of allylic oxidation sites excluding steroid dienone is 7. The van der Waals surface area contributed by atoms with Gasteiger partial charge in [-0.1, -0.05) is 0 Å². The molecule has 0 fully saturated rings. The monoisotopic (exact) mass is 988 g/mol. The van der Waals surface area contributed by atoms with Crippen molar-refractivity contribution in [3.63, 3.8) is 0 Å². The summed E-state index contributed by atoms with van der Waals surface area (Å²) >= 11 is 0. The van der Waals surface area contributed by atoms with E-state index in [0.717, 1.165) is 147 Å². The predicted molar refractivity (Wildman–Crippen MR) is 295 cm³/mol. The minimum Gasteiger partial charge on any atom is -0.481 e. The zero-order valence-electron chi connectivity index (χ0n) is 43.1. The van der Waals surface area contributed by atoms with Crippen LogP contribution in [-0.4, -0.2) is 73.1 Å². The smallest absolute Gasteiger partial charge is 0.303 e. The van der Waals surface area contributed by atoms with Crippen molar-refractivity contribution in [3.05, 3.63) is 140 Å². The molecule has 4 aliphatic rings. The second-order valence-electron chi connectivity index (χ2n) is 20.2. The van der Waals surface area contributed by atoms with E-state index in [1.807, 2.05) is 39.0 Å². The minimum atomic E-state index is -0.935. The van der Waals surface area contributed by atoms with E-state index in [1.54, 1.807) is 0 Å². The Balaban J connectivity index is 1.12. The molecule has 10 rings (SSSR count). The van der Waals surface area contributed by atoms with Crippen molar-refractivity contribution in [1.82, 2.24) is 39.9 Å². The van der Waals surface area contributed by atoms with Gasteiger partial charge in [0, 0.05) is 63.4 Å². The van der Waals surface area contributed by atoms with Crippen LogP contribution in [0.25, 0.3) is 89.2 Å². The average Bonchev–Trinajstić information content (AvgIpc) is 4.22. The third-order valence-electron chi connectivity index (χ3n) is 15.1. The summed E-state index contributed by atoms with van der Waals surface area (Å²) in [4.78, 5) is 71.1. The lowest BCUT2D eigenvalue weighted by Gasteiger charge is -2.06. The van der Waals surface area contributed by atoms with Gasteiger partial charge in [0.1, 0.15) is 0 Å². The molecule has 0 aromatic carbocycles. The Morgan fingerprint density at radius 1 is 0.405 bits per heavy atom. The molecule has 14 nitrogen and oxygen atoms in total. The molecule has 14 heteroatoms. The van der Waals surface area contributed by atoms with Gasteiger partial charge in [-0.25, -0.2) is 19.9 Å². The molecule has 0 aliphatic carbocycles. The molecule has 16 bridgehead atoms. The number of carboxylic acids is 3. The minimum absolute atomic E-state index is 0.0824. The number of fused-ring (bicyclic) bond motifs is 16. The first-order valence-corrected chi connectivity index (χ1v) is 25.3. The number of nitrogens with zero attached hydrogens (tertiary/aromatic N) is 4. The number of nitrogens with one attached hydrogen (secondary N) is 4. The van der Waals surface area contributed by atoms with Gasteiger partial charge in [0.15, 0.2) is 0 Å². The van der Waals surface area contributed by atoms with Gasteiger partial charge in [-0.2, -0.15) is 0 Å². The molecule has 6 aromatic rings. The van der Waals surface area contributed by atoms with Gasteiger partial charge < -0.3 is 35.3 Å². The lowest BCUT2D eigenvalue weighted by atomic mass is 9.97. The molecule has 4 aliphatic heterocycles. The first kappa shape index (κ1) is 49.2. The number of H-pyrrole nitrogens is 4. The van der Waals surface area contributed by atoms with Crippen LogP contribution in [-0.2, 0) is 27.2 Å². The van der Waals surface area contributed by atoms with Crippen LogP contribution in [0.1, 0.15) is 152 Å². The number of aromatic amines is 4. The number of aryl methyl sites for hydroxylation is 6. The molecule has 10 heterocycles. The molecule has 0 radical (unpaired) electrons. The number of aromatic nitrogens is 8. The number of hydrogen-bond acceptors (Lipinski definition) is 7. The summed E-state index contributed by atoms with van der Waals surface area (Å²) in [6, 6.07) is 20.7. The fourth-order valence-corrected chi connectivity index (χ4v) is 10.8. The molecule has 0 saturated carbocycles. The van der Waals surface area contributed by atoms with Crippen LogP contribution in [0.5, 0.6) is 0 Å². The van der Waals surface area contributed by atoms with Crippen molar-refractivity contribution in [2.24, 2.45) is 0 Å². The summed E-state index contributed by atoms with van der Waals surface area (Å²) in [6.45, 7) is 16.5. The molecule has 0 unspecified atom stereocenters. The second-order valence-corrected chi connectivity index (χ2v) is 20.2. The van der Waals surface area contributed by atoms with Gasteiger partial charge in [-0.05, 0) is 233 Å². The van der Waals surface area contributed by atoms with Crippen LogP contribution < -0.4 is 0 Å². The molecule has 376 valence electrons. The van der Waals surface area contributed by atoms with E-state index < -0.39 is 17.9 Å². The van der Waals surface area contributed by atoms with Gasteiger partial charge in [-0.3, -0.25) is 14.4 Å². The fraction of sp³-hybridized carbons (Fsp3) is 0.283. The van der Waals surface area contributed by atoms with Crippen molar-refractivity contribution in [2.45, 2.75) is 113 Å². The molecule has 7 N–H and O–H groups in total. The SMILES string of the molecule is CC1=Cc2cc3cc(C)c(cc4cc(C)c(cc5nc(cc1n2)C(CCCc1c(C)c2cc6nc(cc7nc(cc8[nH]c(cc1[nH]2)c(C)c8CCC(=O)O)C(CCC(=O)O)=C7C)C(CCC(=O)O)=C6C)=C5C)[nH]4)[nH]3. The van der Waals surface area contributed by atoms with Crippen molar-refractivity contribution in [2.75, 3.05) is 0 Å². The Labute approximate surface area is 427 Å². The molecule has 0 atom stereocenters. The number of carboxylic acid groups (broad SMARTS) is 3. The molecule has 6 aromatic heterocycles. The lowest BCUT2D eigenvalue weighted by Crippen LogP contribution is -1.98. The van der Waals surface area contributed by atoms with Gasteiger partial charge in [0.2, 0.25) is 0 Å². The van der Waals surface area contributed by atoms with Gasteiger partial charge in [0.25, 0.3) is 0 Å². The standard InChI is InChI=1S/C60H60N8O6/c1-29-18-37-21-38-19-30(2)47(62-38)24-53-40(32(4)48(64-53)23-46-31(3)20-39(63-46)22-45(29)61-37)10-9-11-41-33(5)49-25-50-34(6)42(12-15-58(69)70)55(66-50)27-52-36(8)44(14-17-60(73)74)57(68-52)28-56-43(13-16-59(71)72)35(7)51(67-56)26-54(41)65-49/h18-28,61,63,65,67H,9-17H2,1-8H3,(H,69,70)(H,71,72)(H,73,74). The van der Waals surface area contributed by atoms with Gasteiger partial charge >= 0.3 is 17.9 Å². The van der Waals surface area contributed by atoms with Crippen LogP contribution in [0.15, 0.2) is 60.7 Å². The van der Waals surface area contributed by atoms with Crippen LogP contribution in [0.3, 0.4) is 0 Å². The van der Waals surface area contributed by atoms with E-state index in [1.165, 1.54) is 0 Å².